The fourth-order valence-electron chi connectivity index (χ4n) is 1.92. The number of sulfonamides is 1. The number of rotatable bonds is 6. The Balaban J connectivity index is 2.27. The maximum absolute atomic E-state index is 11.6. The summed E-state index contributed by atoms with van der Waals surface area (Å²) < 4.78 is 26.0. The predicted octanol–water partition coefficient (Wildman–Crippen LogP) is 2.26. The zero-order valence-corrected chi connectivity index (χ0v) is 10.6. The molecule has 0 radical (unpaired) electrons. The van der Waals surface area contributed by atoms with Crippen molar-refractivity contribution in [2.45, 2.75) is 51.0 Å². The van der Waals surface area contributed by atoms with Crippen LogP contribution in [0.25, 0.3) is 0 Å². The van der Waals surface area contributed by atoms with Gasteiger partial charge in [-0.1, -0.05) is 19.3 Å². The Bertz CT molecular complexity index is 261. The van der Waals surface area contributed by atoms with E-state index in [4.69, 9.17) is 11.6 Å². The van der Waals surface area contributed by atoms with Gasteiger partial charge in [-0.3, -0.25) is 0 Å². The lowest BCUT2D eigenvalue weighted by molar-refractivity contribution is 0.412. The third-order valence-corrected chi connectivity index (χ3v) is 4.53. The summed E-state index contributed by atoms with van der Waals surface area (Å²) in [5.41, 5.74) is 0. The van der Waals surface area contributed by atoms with Crippen LogP contribution in [0.5, 0.6) is 0 Å². The van der Waals surface area contributed by atoms with Crippen LogP contribution in [-0.2, 0) is 10.0 Å². The van der Waals surface area contributed by atoms with Crippen molar-refractivity contribution >= 4 is 21.6 Å². The molecule has 0 aromatic carbocycles. The van der Waals surface area contributed by atoms with Crippen molar-refractivity contribution in [3.63, 3.8) is 0 Å². The van der Waals surface area contributed by atoms with E-state index in [-0.39, 0.29) is 11.8 Å². The van der Waals surface area contributed by atoms with E-state index >= 15 is 0 Å². The van der Waals surface area contributed by atoms with Gasteiger partial charge in [-0.15, -0.1) is 11.6 Å². The lowest BCUT2D eigenvalue weighted by Gasteiger charge is -2.22. The lowest BCUT2D eigenvalue weighted by Crippen LogP contribution is -2.37. The SMILES string of the molecule is O=S(=O)(CCCCCl)NC1CCCCC1. The average Bonchev–Trinajstić information content (AvgIpc) is 2.18. The quantitative estimate of drug-likeness (QED) is 0.583. The van der Waals surface area contributed by atoms with Crippen molar-refractivity contribution in [2.24, 2.45) is 0 Å². The largest absolute Gasteiger partial charge is 0.212 e. The number of hydrogen-bond acceptors (Lipinski definition) is 2. The molecule has 1 N–H and O–H groups in total. The van der Waals surface area contributed by atoms with Crippen molar-refractivity contribution in [3.8, 4) is 0 Å². The molecule has 5 heteroatoms. The van der Waals surface area contributed by atoms with Crippen LogP contribution in [-0.4, -0.2) is 26.1 Å². The van der Waals surface area contributed by atoms with Gasteiger partial charge in [0.15, 0.2) is 0 Å². The smallest absolute Gasteiger partial charge is 0.211 e. The van der Waals surface area contributed by atoms with Crippen LogP contribution in [0, 0.1) is 0 Å². The van der Waals surface area contributed by atoms with Gasteiger partial charge in [-0.25, -0.2) is 13.1 Å². The molecule has 0 unspecified atom stereocenters. The second-order valence-corrected chi connectivity index (χ2v) is 6.42. The van der Waals surface area contributed by atoms with E-state index in [0.717, 1.165) is 32.1 Å². The van der Waals surface area contributed by atoms with E-state index in [9.17, 15) is 8.42 Å². The number of nitrogens with one attached hydrogen (secondary N) is 1. The maximum atomic E-state index is 11.6. The molecule has 1 aliphatic rings. The van der Waals surface area contributed by atoms with E-state index in [1.54, 1.807) is 0 Å². The Morgan fingerprint density at radius 3 is 2.40 bits per heavy atom. The van der Waals surface area contributed by atoms with Crippen LogP contribution in [0.1, 0.15) is 44.9 Å². The van der Waals surface area contributed by atoms with Crippen LogP contribution in [0.4, 0.5) is 0 Å². The second kappa shape index (κ2) is 6.71. The Hall–Kier alpha value is 0.200. The third kappa shape index (κ3) is 5.73. The van der Waals surface area contributed by atoms with Gasteiger partial charge in [0.25, 0.3) is 0 Å². The number of hydrogen-bond donors (Lipinski definition) is 1. The molecule has 1 aliphatic carbocycles. The number of alkyl halides is 1. The van der Waals surface area contributed by atoms with Gasteiger partial charge >= 0.3 is 0 Å². The molecule has 0 aromatic rings. The minimum Gasteiger partial charge on any atom is -0.212 e. The van der Waals surface area contributed by atoms with Crippen LogP contribution in [0.3, 0.4) is 0 Å². The summed E-state index contributed by atoms with van der Waals surface area (Å²) in [6, 6.07) is 0.180. The molecule has 1 rings (SSSR count). The molecule has 1 saturated carbocycles. The fourth-order valence-corrected chi connectivity index (χ4v) is 3.55. The summed E-state index contributed by atoms with van der Waals surface area (Å²) >= 11 is 5.51. The van der Waals surface area contributed by atoms with Crippen molar-refractivity contribution in [2.75, 3.05) is 11.6 Å². The highest BCUT2D eigenvalue weighted by Crippen LogP contribution is 2.18. The van der Waals surface area contributed by atoms with E-state index in [1.807, 2.05) is 0 Å². The van der Waals surface area contributed by atoms with Crippen molar-refractivity contribution in [3.05, 3.63) is 0 Å². The van der Waals surface area contributed by atoms with Gasteiger partial charge in [-0.2, -0.15) is 0 Å². The summed E-state index contributed by atoms with van der Waals surface area (Å²) in [6.45, 7) is 0. The molecule has 0 aromatic heterocycles. The summed E-state index contributed by atoms with van der Waals surface area (Å²) in [5.74, 6) is 0.759. The van der Waals surface area contributed by atoms with Crippen LogP contribution in [0.2, 0.25) is 0 Å². The molecule has 15 heavy (non-hydrogen) atoms. The van der Waals surface area contributed by atoms with E-state index in [0.29, 0.717) is 12.3 Å². The van der Waals surface area contributed by atoms with Crippen molar-refractivity contribution in [1.29, 1.82) is 0 Å². The van der Waals surface area contributed by atoms with E-state index in [2.05, 4.69) is 4.72 Å². The normalized spacial score (nSPS) is 19.3. The summed E-state index contributed by atoms with van der Waals surface area (Å²) in [6.07, 6.45) is 6.95. The van der Waals surface area contributed by atoms with Gasteiger partial charge in [-0.05, 0) is 25.7 Å². The standard InChI is InChI=1S/C10H20ClNO2S/c11-8-4-5-9-15(13,14)12-10-6-2-1-3-7-10/h10,12H,1-9H2. The summed E-state index contributed by atoms with van der Waals surface area (Å²) in [7, 11) is -3.06. The maximum Gasteiger partial charge on any atom is 0.211 e. The second-order valence-electron chi connectivity index (χ2n) is 4.17. The molecule has 3 nitrogen and oxygen atoms in total. The average molecular weight is 254 g/mol. The molecule has 0 spiro atoms. The Kier molecular flexibility index (Phi) is 5.94. The number of halogens is 1. The molecule has 0 heterocycles. The molecular weight excluding hydrogens is 234 g/mol. The Morgan fingerprint density at radius 1 is 1.13 bits per heavy atom. The third-order valence-electron chi connectivity index (χ3n) is 2.75. The molecule has 90 valence electrons. The molecule has 1 fully saturated rings. The Labute approximate surface area is 97.6 Å². The van der Waals surface area contributed by atoms with Gasteiger partial charge < -0.3 is 0 Å². The van der Waals surface area contributed by atoms with Gasteiger partial charge in [0, 0.05) is 11.9 Å². The van der Waals surface area contributed by atoms with Crippen molar-refractivity contribution in [1.82, 2.24) is 4.72 Å². The first kappa shape index (κ1) is 13.3. The molecule has 0 amide bonds. The van der Waals surface area contributed by atoms with Gasteiger partial charge in [0.05, 0.1) is 5.75 Å². The van der Waals surface area contributed by atoms with Gasteiger partial charge in [0.1, 0.15) is 0 Å². The molecule has 0 atom stereocenters. The Morgan fingerprint density at radius 2 is 1.80 bits per heavy atom. The predicted molar refractivity (Wildman–Crippen MR) is 63.7 cm³/mol. The minimum absolute atomic E-state index is 0.180. The zero-order valence-electron chi connectivity index (χ0n) is 9.04. The highest BCUT2D eigenvalue weighted by atomic mass is 35.5. The molecule has 0 saturated heterocycles. The lowest BCUT2D eigenvalue weighted by atomic mass is 9.96. The minimum atomic E-state index is -3.06. The zero-order chi connectivity index (χ0) is 11.1. The molecular formula is C10H20ClNO2S. The highest BCUT2D eigenvalue weighted by molar-refractivity contribution is 7.89. The first-order valence-electron chi connectivity index (χ1n) is 5.70. The fraction of sp³-hybridized carbons (Fsp3) is 1.00. The topological polar surface area (TPSA) is 46.2 Å². The molecule has 0 aliphatic heterocycles. The first-order chi connectivity index (χ1) is 7.14. The highest BCUT2D eigenvalue weighted by Gasteiger charge is 2.19. The van der Waals surface area contributed by atoms with E-state index in [1.165, 1.54) is 6.42 Å². The monoisotopic (exact) mass is 253 g/mol. The van der Waals surface area contributed by atoms with Crippen molar-refractivity contribution < 1.29 is 8.42 Å². The van der Waals surface area contributed by atoms with Gasteiger partial charge in [0.2, 0.25) is 10.0 Å². The number of unbranched alkanes of at least 4 members (excludes halogenated alkanes) is 1. The van der Waals surface area contributed by atoms with Crippen LogP contribution < -0.4 is 4.72 Å². The van der Waals surface area contributed by atoms with E-state index < -0.39 is 10.0 Å². The van der Waals surface area contributed by atoms with Crippen LogP contribution >= 0.6 is 11.6 Å². The summed E-state index contributed by atoms with van der Waals surface area (Å²) in [4.78, 5) is 0. The summed E-state index contributed by atoms with van der Waals surface area (Å²) in [5, 5.41) is 0. The first-order valence-corrected chi connectivity index (χ1v) is 7.89. The molecule has 0 bridgehead atoms. The van der Waals surface area contributed by atoms with Crippen LogP contribution in [0.15, 0.2) is 0 Å².